The van der Waals surface area contributed by atoms with Crippen molar-refractivity contribution in [3.8, 4) is 11.5 Å². The van der Waals surface area contributed by atoms with Crippen LogP contribution in [-0.2, 0) is 6.54 Å². The number of nitrogens with zero attached hydrogens (tertiary/aromatic N) is 2. The van der Waals surface area contributed by atoms with E-state index in [2.05, 4.69) is 4.98 Å². The van der Waals surface area contributed by atoms with E-state index in [4.69, 9.17) is 9.47 Å². The number of ether oxygens (including phenoxy) is 2. The van der Waals surface area contributed by atoms with E-state index in [1.54, 1.807) is 42.5 Å². The smallest absolute Gasteiger partial charge is 0.254 e. The maximum absolute atomic E-state index is 12.5. The van der Waals surface area contributed by atoms with Gasteiger partial charge in [-0.15, -0.1) is 0 Å². The summed E-state index contributed by atoms with van der Waals surface area (Å²) >= 11 is 0. The van der Waals surface area contributed by atoms with Gasteiger partial charge in [-0.25, -0.2) is 0 Å². The van der Waals surface area contributed by atoms with Crippen LogP contribution in [0.15, 0.2) is 42.7 Å². The summed E-state index contributed by atoms with van der Waals surface area (Å²) < 4.78 is 11.2. The Morgan fingerprint density at radius 1 is 1.23 bits per heavy atom. The second kappa shape index (κ2) is 6.47. The summed E-state index contributed by atoms with van der Waals surface area (Å²) in [5.41, 5.74) is 1.59. The Kier molecular flexibility index (Phi) is 4.23. The molecule has 5 heteroatoms. The van der Waals surface area contributed by atoms with Gasteiger partial charge in [0.15, 0.2) is 11.5 Å². The van der Waals surface area contributed by atoms with Crippen LogP contribution >= 0.6 is 0 Å². The van der Waals surface area contributed by atoms with Crippen LogP contribution in [0.3, 0.4) is 0 Å². The van der Waals surface area contributed by atoms with Crippen molar-refractivity contribution in [3.63, 3.8) is 0 Å². The average molecular weight is 298 g/mol. The highest BCUT2D eigenvalue weighted by atomic mass is 16.5. The summed E-state index contributed by atoms with van der Waals surface area (Å²) in [6.07, 6.45) is 4.33. The van der Waals surface area contributed by atoms with Gasteiger partial charge >= 0.3 is 0 Å². The molecule has 1 aliphatic heterocycles. The summed E-state index contributed by atoms with van der Waals surface area (Å²) in [4.78, 5) is 18.3. The Bertz CT molecular complexity index is 658. The maximum atomic E-state index is 12.5. The molecule has 0 unspecified atom stereocenters. The van der Waals surface area contributed by atoms with Crippen molar-refractivity contribution in [2.24, 2.45) is 0 Å². The van der Waals surface area contributed by atoms with Gasteiger partial charge in [0, 0.05) is 38.0 Å². The van der Waals surface area contributed by atoms with Gasteiger partial charge in [0.05, 0.1) is 13.2 Å². The lowest BCUT2D eigenvalue weighted by molar-refractivity contribution is 0.0784. The number of amides is 1. The molecule has 0 N–H and O–H groups in total. The molecule has 1 amide bonds. The molecule has 0 aliphatic carbocycles. The monoisotopic (exact) mass is 298 g/mol. The Hall–Kier alpha value is -2.56. The molecular weight excluding hydrogens is 280 g/mol. The highest BCUT2D eigenvalue weighted by molar-refractivity contribution is 5.94. The Morgan fingerprint density at radius 3 is 2.82 bits per heavy atom. The van der Waals surface area contributed by atoms with Gasteiger partial charge in [0.2, 0.25) is 0 Å². The first-order valence-electron chi connectivity index (χ1n) is 7.28. The van der Waals surface area contributed by atoms with Crippen molar-refractivity contribution in [2.45, 2.75) is 13.0 Å². The normalized spacial score (nSPS) is 13.3. The zero-order chi connectivity index (χ0) is 15.4. The van der Waals surface area contributed by atoms with E-state index < -0.39 is 0 Å². The zero-order valence-electron chi connectivity index (χ0n) is 12.5. The SMILES string of the molecule is CN(Cc1cccnc1)C(=O)c1ccc2c(c1)OCCCO2. The number of carbonyl (C=O) groups is 1. The minimum Gasteiger partial charge on any atom is -0.490 e. The lowest BCUT2D eigenvalue weighted by atomic mass is 10.1. The fourth-order valence-corrected chi connectivity index (χ4v) is 2.35. The fourth-order valence-electron chi connectivity index (χ4n) is 2.35. The minimum absolute atomic E-state index is 0.0560. The van der Waals surface area contributed by atoms with E-state index in [0.29, 0.717) is 36.8 Å². The number of hydrogen-bond donors (Lipinski definition) is 0. The third-order valence-corrected chi connectivity index (χ3v) is 3.48. The Balaban J connectivity index is 1.75. The van der Waals surface area contributed by atoms with Crippen LogP contribution in [0.4, 0.5) is 0 Å². The number of fused-ring (bicyclic) bond motifs is 1. The number of rotatable bonds is 3. The van der Waals surface area contributed by atoms with E-state index in [0.717, 1.165) is 12.0 Å². The maximum Gasteiger partial charge on any atom is 0.254 e. The standard InChI is InChI=1S/C17H18N2O3/c1-19(12-13-4-2-7-18-11-13)17(20)14-5-6-15-16(10-14)22-9-3-8-21-15/h2,4-7,10-11H,3,8-9,12H2,1H3. The lowest BCUT2D eigenvalue weighted by Gasteiger charge is -2.18. The molecule has 0 spiro atoms. The molecule has 3 rings (SSSR count). The Labute approximate surface area is 129 Å². The van der Waals surface area contributed by atoms with Crippen LogP contribution in [0.25, 0.3) is 0 Å². The summed E-state index contributed by atoms with van der Waals surface area (Å²) in [6, 6.07) is 9.14. The zero-order valence-corrected chi connectivity index (χ0v) is 12.5. The second-order valence-electron chi connectivity index (χ2n) is 5.23. The van der Waals surface area contributed by atoms with Crippen LogP contribution in [0.5, 0.6) is 11.5 Å². The molecule has 0 radical (unpaired) electrons. The quantitative estimate of drug-likeness (QED) is 0.873. The summed E-state index contributed by atoms with van der Waals surface area (Å²) in [7, 11) is 1.78. The highest BCUT2D eigenvalue weighted by Crippen LogP contribution is 2.30. The molecule has 22 heavy (non-hydrogen) atoms. The van der Waals surface area contributed by atoms with Gasteiger partial charge in [-0.3, -0.25) is 9.78 Å². The van der Waals surface area contributed by atoms with Gasteiger partial charge in [-0.05, 0) is 29.8 Å². The molecule has 0 saturated heterocycles. The summed E-state index contributed by atoms with van der Waals surface area (Å²) in [5.74, 6) is 1.28. The van der Waals surface area contributed by atoms with Crippen molar-refractivity contribution in [1.29, 1.82) is 0 Å². The van der Waals surface area contributed by atoms with Crippen molar-refractivity contribution >= 4 is 5.91 Å². The predicted octanol–water partition coefficient (Wildman–Crippen LogP) is 2.52. The molecule has 0 atom stereocenters. The van der Waals surface area contributed by atoms with E-state index in [9.17, 15) is 4.79 Å². The largest absolute Gasteiger partial charge is 0.490 e. The molecule has 0 saturated carbocycles. The predicted molar refractivity (Wildman–Crippen MR) is 82.1 cm³/mol. The summed E-state index contributed by atoms with van der Waals surface area (Å²) in [6.45, 7) is 1.76. The van der Waals surface area contributed by atoms with Crippen molar-refractivity contribution in [3.05, 3.63) is 53.9 Å². The topological polar surface area (TPSA) is 51.7 Å². The number of pyridine rings is 1. The minimum atomic E-state index is -0.0560. The van der Waals surface area contributed by atoms with Crippen LogP contribution < -0.4 is 9.47 Å². The lowest BCUT2D eigenvalue weighted by Crippen LogP contribution is -2.26. The van der Waals surface area contributed by atoms with Gasteiger partial charge in [-0.1, -0.05) is 6.07 Å². The van der Waals surface area contributed by atoms with Gasteiger partial charge in [0.25, 0.3) is 5.91 Å². The van der Waals surface area contributed by atoms with Crippen LogP contribution in [-0.4, -0.2) is 36.1 Å². The molecule has 1 aliphatic rings. The van der Waals surface area contributed by atoms with E-state index in [1.165, 1.54) is 0 Å². The number of hydrogen-bond acceptors (Lipinski definition) is 4. The van der Waals surface area contributed by atoms with Gasteiger partial charge in [0.1, 0.15) is 0 Å². The van der Waals surface area contributed by atoms with E-state index in [-0.39, 0.29) is 5.91 Å². The molecule has 2 heterocycles. The van der Waals surface area contributed by atoms with Crippen molar-refractivity contribution in [1.82, 2.24) is 9.88 Å². The third-order valence-electron chi connectivity index (χ3n) is 3.48. The molecular formula is C17H18N2O3. The average Bonchev–Trinajstić information content (AvgIpc) is 2.79. The number of benzene rings is 1. The second-order valence-corrected chi connectivity index (χ2v) is 5.23. The fraction of sp³-hybridized carbons (Fsp3) is 0.294. The molecule has 114 valence electrons. The van der Waals surface area contributed by atoms with E-state index >= 15 is 0 Å². The molecule has 5 nitrogen and oxygen atoms in total. The van der Waals surface area contributed by atoms with Crippen LogP contribution in [0, 0.1) is 0 Å². The molecule has 2 aromatic rings. The van der Waals surface area contributed by atoms with Crippen molar-refractivity contribution in [2.75, 3.05) is 20.3 Å². The van der Waals surface area contributed by atoms with Gasteiger partial charge in [-0.2, -0.15) is 0 Å². The molecule has 1 aromatic heterocycles. The number of aromatic nitrogens is 1. The van der Waals surface area contributed by atoms with Crippen molar-refractivity contribution < 1.29 is 14.3 Å². The number of carbonyl (C=O) groups excluding carboxylic acids is 1. The third kappa shape index (κ3) is 3.19. The first-order valence-corrected chi connectivity index (χ1v) is 7.28. The first-order chi connectivity index (χ1) is 10.7. The van der Waals surface area contributed by atoms with E-state index in [1.807, 2.05) is 12.1 Å². The highest BCUT2D eigenvalue weighted by Gasteiger charge is 2.17. The van der Waals surface area contributed by atoms with Crippen LogP contribution in [0.2, 0.25) is 0 Å². The summed E-state index contributed by atoms with van der Waals surface area (Å²) in [5, 5.41) is 0. The van der Waals surface area contributed by atoms with Gasteiger partial charge < -0.3 is 14.4 Å². The Morgan fingerprint density at radius 2 is 2.05 bits per heavy atom. The molecule has 1 aromatic carbocycles. The van der Waals surface area contributed by atoms with Crippen LogP contribution in [0.1, 0.15) is 22.3 Å². The first kappa shape index (κ1) is 14.4. The molecule has 0 bridgehead atoms. The molecule has 0 fully saturated rings.